The van der Waals surface area contributed by atoms with Gasteiger partial charge in [-0.1, -0.05) is 0 Å². The maximum Gasteiger partial charge on any atom is 0.414 e. The van der Waals surface area contributed by atoms with Crippen molar-refractivity contribution in [3.05, 3.63) is 24.1 Å². The van der Waals surface area contributed by atoms with Crippen molar-refractivity contribution in [3.8, 4) is 0 Å². The lowest BCUT2D eigenvalue weighted by Gasteiger charge is -2.10. The van der Waals surface area contributed by atoms with Crippen LogP contribution in [-0.2, 0) is 4.74 Å². The number of hydrogen-bond acceptors (Lipinski definition) is 3. The normalized spacial score (nSPS) is 27.8. The van der Waals surface area contributed by atoms with Crippen LogP contribution in [0, 0.1) is 0 Å². The molecule has 10 heavy (non-hydrogen) atoms. The van der Waals surface area contributed by atoms with Gasteiger partial charge < -0.3 is 10.1 Å². The highest BCUT2D eigenvalue weighted by Gasteiger charge is 2.28. The Kier molecular flexibility index (Phi) is 0.943. The van der Waals surface area contributed by atoms with Crippen LogP contribution in [0.2, 0.25) is 0 Å². The summed E-state index contributed by atoms with van der Waals surface area (Å²) >= 11 is 0. The van der Waals surface area contributed by atoms with E-state index in [4.69, 9.17) is 4.74 Å². The van der Waals surface area contributed by atoms with Crippen LogP contribution >= 0.6 is 0 Å². The standard InChI is InChI=1S/C6H6N2O2/c9-6-8-5-4(10-6)2-1-3-7-5/h1-3,5,7H,(H,8,9). The predicted molar refractivity (Wildman–Crippen MR) is 33.8 cm³/mol. The Morgan fingerprint density at radius 1 is 1.60 bits per heavy atom. The van der Waals surface area contributed by atoms with E-state index in [-0.39, 0.29) is 6.17 Å². The average molecular weight is 138 g/mol. The molecule has 1 unspecified atom stereocenters. The van der Waals surface area contributed by atoms with Gasteiger partial charge in [-0.3, -0.25) is 5.32 Å². The van der Waals surface area contributed by atoms with Crippen LogP contribution in [0.1, 0.15) is 0 Å². The van der Waals surface area contributed by atoms with E-state index in [1.54, 1.807) is 18.4 Å². The minimum Gasteiger partial charge on any atom is -0.411 e. The molecule has 0 bridgehead atoms. The lowest BCUT2D eigenvalue weighted by molar-refractivity contribution is 0.195. The van der Waals surface area contributed by atoms with Gasteiger partial charge >= 0.3 is 6.09 Å². The molecule has 0 radical (unpaired) electrons. The zero-order valence-electron chi connectivity index (χ0n) is 5.13. The van der Waals surface area contributed by atoms with Gasteiger partial charge in [0.1, 0.15) is 0 Å². The number of rotatable bonds is 0. The van der Waals surface area contributed by atoms with Crippen molar-refractivity contribution in [1.82, 2.24) is 10.6 Å². The molecule has 52 valence electrons. The summed E-state index contributed by atoms with van der Waals surface area (Å²) in [6.45, 7) is 0. The van der Waals surface area contributed by atoms with Gasteiger partial charge in [0.2, 0.25) is 0 Å². The van der Waals surface area contributed by atoms with Gasteiger partial charge in [-0.05, 0) is 18.4 Å². The molecule has 2 heterocycles. The molecule has 1 saturated heterocycles. The maximum atomic E-state index is 10.6. The average Bonchev–Trinajstić information content (AvgIpc) is 2.27. The summed E-state index contributed by atoms with van der Waals surface area (Å²) in [5.74, 6) is 0.632. The van der Waals surface area contributed by atoms with Crippen LogP contribution in [0.3, 0.4) is 0 Å². The number of fused-ring (bicyclic) bond motifs is 1. The molecule has 2 rings (SSSR count). The monoisotopic (exact) mass is 138 g/mol. The number of amides is 1. The number of dihydropyridines is 1. The Morgan fingerprint density at radius 2 is 2.50 bits per heavy atom. The molecular formula is C6H6N2O2. The molecule has 0 spiro atoms. The van der Waals surface area contributed by atoms with Crippen molar-refractivity contribution >= 4 is 6.09 Å². The van der Waals surface area contributed by atoms with E-state index in [0.717, 1.165) is 0 Å². The molecule has 0 saturated carbocycles. The predicted octanol–water partition coefficient (Wildman–Crippen LogP) is 0.0531. The van der Waals surface area contributed by atoms with Gasteiger partial charge in [0.05, 0.1) is 0 Å². The lowest BCUT2D eigenvalue weighted by Crippen LogP contribution is -2.37. The number of ether oxygens (including phenoxy) is 1. The van der Waals surface area contributed by atoms with Crippen molar-refractivity contribution in [3.63, 3.8) is 0 Å². The second-order valence-electron chi connectivity index (χ2n) is 2.06. The molecule has 0 aromatic carbocycles. The first kappa shape index (κ1) is 5.34. The number of alkyl carbamates (subject to hydrolysis) is 1. The van der Waals surface area contributed by atoms with Crippen LogP contribution in [0.5, 0.6) is 0 Å². The summed E-state index contributed by atoms with van der Waals surface area (Å²) in [5.41, 5.74) is 0. The van der Waals surface area contributed by atoms with E-state index in [2.05, 4.69) is 10.6 Å². The molecule has 4 nitrogen and oxygen atoms in total. The van der Waals surface area contributed by atoms with Crippen molar-refractivity contribution in [1.29, 1.82) is 0 Å². The minimum atomic E-state index is -0.396. The molecule has 2 aliphatic rings. The first-order chi connectivity index (χ1) is 4.86. The second-order valence-corrected chi connectivity index (χ2v) is 2.06. The molecule has 1 amide bonds. The van der Waals surface area contributed by atoms with E-state index in [1.807, 2.05) is 0 Å². The van der Waals surface area contributed by atoms with Gasteiger partial charge in [0.25, 0.3) is 0 Å². The van der Waals surface area contributed by atoms with Gasteiger partial charge in [0, 0.05) is 0 Å². The lowest BCUT2D eigenvalue weighted by atomic mass is 10.3. The summed E-state index contributed by atoms with van der Waals surface area (Å²) in [6.07, 6.45) is 4.74. The number of carbonyl (C=O) groups excluding carboxylic acids is 1. The number of carbonyl (C=O) groups is 1. The van der Waals surface area contributed by atoms with E-state index in [0.29, 0.717) is 5.76 Å². The van der Waals surface area contributed by atoms with Crippen LogP contribution < -0.4 is 10.6 Å². The Balaban J connectivity index is 2.26. The minimum absolute atomic E-state index is 0.155. The topological polar surface area (TPSA) is 50.4 Å². The number of allylic oxidation sites excluding steroid dienone is 2. The Labute approximate surface area is 57.5 Å². The first-order valence-electron chi connectivity index (χ1n) is 2.97. The fourth-order valence-electron chi connectivity index (χ4n) is 0.933. The number of hydrogen-bond donors (Lipinski definition) is 2. The molecule has 0 aromatic rings. The van der Waals surface area contributed by atoms with E-state index >= 15 is 0 Å². The van der Waals surface area contributed by atoms with Crippen molar-refractivity contribution in [2.75, 3.05) is 0 Å². The third kappa shape index (κ3) is 0.655. The quantitative estimate of drug-likeness (QED) is 0.497. The smallest absolute Gasteiger partial charge is 0.411 e. The highest BCUT2D eigenvalue weighted by Crippen LogP contribution is 2.12. The van der Waals surface area contributed by atoms with Gasteiger partial charge in [-0.2, -0.15) is 0 Å². The summed E-state index contributed by atoms with van der Waals surface area (Å²) in [4.78, 5) is 10.6. The van der Waals surface area contributed by atoms with E-state index < -0.39 is 6.09 Å². The van der Waals surface area contributed by atoms with Crippen LogP contribution in [-0.4, -0.2) is 12.3 Å². The Bertz CT molecular complexity index is 232. The molecular weight excluding hydrogens is 132 g/mol. The SMILES string of the molecule is O=C1NC2NC=CC=C2O1. The highest BCUT2D eigenvalue weighted by molar-refractivity contribution is 5.72. The molecule has 2 N–H and O–H groups in total. The zero-order valence-corrected chi connectivity index (χ0v) is 5.13. The second kappa shape index (κ2) is 1.76. The summed E-state index contributed by atoms with van der Waals surface area (Å²) < 4.78 is 4.76. The van der Waals surface area contributed by atoms with Gasteiger partial charge in [-0.15, -0.1) is 0 Å². The van der Waals surface area contributed by atoms with E-state index in [1.165, 1.54) is 0 Å². The van der Waals surface area contributed by atoms with E-state index in [9.17, 15) is 4.79 Å². The molecule has 2 aliphatic heterocycles. The third-order valence-electron chi connectivity index (χ3n) is 1.38. The largest absolute Gasteiger partial charge is 0.414 e. The maximum absolute atomic E-state index is 10.6. The van der Waals surface area contributed by atoms with Gasteiger partial charge in [0.15, 0.2) is 11.9 Å². The zero-order chi connectivity index (χ0) is 6.97. The molecule has 1 atom stereocenters. The first-order valence-corrected chi connectivity index (χ1v) is 2.97. The molecule has 4 heteroatoms. The number of nitrogens with one attached hydrogen (secondary N) is 2. The van der Waals surface area contributed by atoms with Crippen LogP contribution in [0.4, 0.5) is 4.79 Å². The fourth-order valence-corrected chi connectivity index (χ4v) is 0.933. The molecule has 1 fully saturated rings. The van der Waals surface area contributed by atoms with Crippen molar-refractivity contribution in [2.24, 2.45) is 0 Å². The highest BCUT2D eigenvalue weighted by atomic mass is 16.6. The van der Waals surface area contributed by atoms with Crippen molar-refractivity contribution in [2.45, 2.75) is 6.17 Å². The fraction of sp³-hybridized carbons (Fsp3) is 0.167. The Morgan fingerprint density at radius 3 is 3.30 bits per heavy atom. The molecule has 0 aliphatic carbocycles. The Hall–Kier alpha value is -1.45. The molecule has 0 aromatic heterocycles. The summed E-state index contributed by atoms with van der Waals surface area (Å²) in [6, 6.07) is 0. The van der Waals surface area contributed by atoms with Crippen LogP contribution in [0.25, 0.3) is 0 Å². The van der Waals surface area contributed by atoms with Crippen molar-refractivity contribution < 1.29 is 9.53 Å². The van der Waals surface area contributed by atoms with Crippen LogP contribution in [0.15, 0.2) is 24.1 Å². The van der Waals surface area contributed by atoms with Gasteiger partial charge in [-0.25, -0.2) is 4.79 Å². The summed E-state index contributed by atoms with van der Waals surface area (Å²) in [7, 11) is 0. The third-order valence-corrected chi connectivity index (χ3v) is 1.38. The summed E-state index contributed by atoms with van der Waals surface area (Å²) in [5, 5.41) is 5.47.